The smallest absolute Gasteiger partial charge is 0.281 e. The highest BCUT2D eigenvalue weighted by molar-refractivity contribution is 7.86. The molecule has 0 spiro atoms. The van der Waals surface area contributed by atoms with E-state index in [1.165, 1.54) is 4.31 Å². The van der Waals surface area contributed by atoms with Gasteiger partial charge in [-0.25, -0.2) is 0 Å². The van der Waals surface area contributed by atoms with E-state index >= 15 is 0 Å². The van der Waals surface area contributed by atoms with Gasteiger partial charge < -0.3 is 0 Å². The summed E-state index contributed by atoms with van der Waals surface area (Å²) in [7, 11) is -1.61. The number of aryl methyl sites for hydroxylation is 1. The first-order valence-electron chi connectivity index (χ1n) is 10.3. The summed E-state index contributed by atoms with van der Waals surface area (Å²) in [6.45, 7) is 4.00. The molecule has 0 amide bonds. The van der Waals surface area contributed by atoms with E-state index in [2.05, 4.69) is 35.3 Å². The molecule has 3 rings (SSSR count). The topological polar surface area (TPSA) is 69.3 Å². The first kappa shape index (κ1) is 21.0. The number of hydrogen-bond donors (Lipinski definition) is 1. The van der Waals surface area contributed by atoms with Crippen molar-refractivity contribution in [2.24, 2.45) is 5.92 Å². The predicted molar refractivity (Wildman–Crippen MR) is 113 cm³/mol. The molecule has 6 nitrogen and oxygen atoms in total. The maximum Gasteiger partial charge on any atom is 0.281 e. The molecule has 1 aromatic carbocycles. The second-order valence-corrected chi connectivity index (χ2v) is 9.93. The van der Waals surface area contributed by atoms with E-state index in [1.807, 2.05) is 18.2 Å². The van der Waals surface area contributed by atoms with E-state index in [4.69, 9.17) is 0 Å². The highest BCUT2D eigenvalue weighted by atomic mass is 32.2. The third-order valence-electron chi connectivity index (χ3n) is 5.46. The summed E-state index contributed by atoms with van der Waals surface area (Å²) >= 11 is 0. The molecule has 1 aliphatic rings. The van der Waals surface area contributed by atoms with Crippen molar-refractivity contribution >= 4 is 10.2 Å². The van der Waals surface area contributed by atoms with Gasteiger partial charge in [-0.1, -0.05) is 43.7 Å². The van der Waals surface area contributed by atoms with Gasteiger partial charge in [0.25, 0.3) is 10.2 Å². The maximum atomic E-state index is 12.7. The van der Waals surface area contributed by atoms with Crippen molar-refractivity contribution in [3.63, 3.8) is 0 Å². The highest BCUT2D eigenvalue weighted by Gasteiger charge is 2.30. The predicted octanol–water partition coefficient (Wildman–Crippen LogP) is 3.70. The van der Waals surface area contributed by atoms with Gasteiger partial charge in [0.05, 0.1) is 5.69 Å². The molecule has 1 saturated heterocycles. The highest BCUT2D eigenvalue weighted by Crippen LogP contribution is 2.21. The molecule has 1 aromatic heterocycles. The maximum absolute atomic E-state index is 12.7. The van der Waals surface area contributed by atoms with Crippen molar-refractivity contribution in [3.05, 3.63) is 42.1 Å². The Balaban J connectivity index is 1.39. The Labute approximate surface area is 169 Å². The Kier molecular flexibility index (Phi) is 7.26. The summed E-state index contributed by atoms with van der Waals surface area (Å²) in [5.41, 5.74) is 3.21. The van der Waals surface area contributed by atoms with Crippen LogP contribution in [0.25, 0.3) is 11.3 Å². The lowest BCUT2D eigenvalue weighted by Crippen LogP contribution is -2.46. The van der Waals surface area contributed by atoms with Crippen LogP contribution < -0.4 is 0 Å². The zero-order chi connectivity index (χ0) is 20.0. The average Bonchev–Trinajstić information content (AvgIpc) is 3.17. The fraction of sp³-hybridized carbons (Fsp3) is 0.571. The molecule has 0 radical (unpaired) electrons. The van der Waals surface area contributed by atoms with E-state index < -0.39 is 10.2 Å². The Morgan fingerprint density at radius 1 is 1.21 bits per heavy atom. The molecule has 7 heteroatoms. The summed E-state index contributed by atoms with van der Waals surface area (Å²) in [4.78, 5) is 0. The second-order valence-electron chi connectivity index (χ2n) is 7.89. The quantitative estimate of drug-likeness (QED) is 0.648. The number of nitrogens with zero attached hydrogens (tertiary/aromatic N) is 3. The van der Waals surface area contributed by atoms with Gasteiger partial charge in [-0.3, -0.25) is 5.10 Å². The number of piperidine rings is 1. The minimum Gasteiger partial charge on any atom is -0.282 e. The number of rotatable bonds is 9. The zero-order valence-electron chi connectivity index (χ0n) is 17.0. The van der Waals surface area contributed by atoms with E-state index in [0.29, 0.717) is 25.6 Å². The number of aromatic nitrogens is 2. The van der Waals surface area contributed by atoms with Gasteiger partial charge in [-0.05, 0) is 44.1 Å². The number of unbranched alkanes of at least 4 members (excludes halogenated alkanes) is 2. The monoisotopic (exact) mass is 404 g/mol. The summed E-state index contributed by atoms with van der Waals surface area (Å²) in [5.74, 6) is 0.451. The molecule has 0 aliphatic carbocycles. The molecule has 0 saturated carbocycles. The van der Waals surface area contributed by atoms with Gasteiger partial charge in [0.2, 0.25) is 0 Å². The van der Waals surface area contributed by atoms with E-state index in [0.717, 1.165) is 55.5 Å². The molecular weight excluding hydrogens is 372 g/mol. The third-order valence-corrected chi connectivity index (χ3v) is 7.41. The van der Waals surface area contributed by atoms with Crippen LogP contribution in [0.2, 0.25) is 0 Å². The van der Waals surface area contributed by atoms with Crippen LogP contribution in [0.15, 0.2) is 36.4 Å². The molecule has 1 fully saturated rings. The lowest BCUT2D eigenvalue weighted by molar-refractivity contribution is 0.263. The summed E-state index contributed by atoms with van der Waals surface area (Å²) in [6.07, 6.45) is 5.90. The first-order chi connectivity index (χ1) is 13.5. The Bertz CT molecular complexity index is 835. The van der Waals surface area contributed by atoms with E-state index in [-0.39, 0.29) is 0 Å². The van der Waals surface area contributed by atoms with Gasteiger partial charge in [0, 0.05) is 37.9 Å². The third kappa shape index (κ3) is 5.43. The van der Waals surface area contributed by atoms with Gasteiger partial charge in [-0.2, -0.15) is 22.1 Å². The molecule has 154 valence electrons. The summed E-state index contributed by atoms with van der Waals surface area (Å²) < 4.78 is 28.6. The van der Waals surface area contributed by atoms with Crippen molar-refractivity contribution < 1.29 is 8.42 Å². The van der Waals surface area contributed by atoms with Crippen LogP contribution in [0.4, 0.5) is 0 Å². The van der Waals surface area contributed by atoms with E-state index in [9.17, 15) is 8.42 Å². The second kappa shape index (κ2) is 9.67. The molecule has 1 aliphatic heterocycles. The SMILES string of the molecule is CC1CCCN(S(=O)(=O)N(C)CCCCCc2cc(-c3ccccc3)n[nH]2)C1. The minimum absolute atomic E-state index is 0.451. The van der Waals surface area contributed by atoms with Crippen LogP contribution in [0.3, 0.4) is 0 Å². The van der Waals surface area contributed by atoms with Gasteiger partial charge >= 0.3 is 0 Å². The Morgan fingerprint density at radius 3 is 2.75 bits per heavy atom. The van der Waals surface area contributed by atoms with Crippen LogP contribution >= 0.6 is 0 Å². The van der Waals surface area contributed by atoms with Gasteiger partial charge in [0.15, 0.2) is 0 Å². The van der Waals surface area contributed by atoms with Crippen LogP contribution in [0.5, 0.6) is 0 Å². The van der Waals surface area contributed by atoms with Crippen molar-refractivity contribution in [2.45, 2.75) is 45.4 Å². The molecule has 2 heterocycles. The summed E-state index contributed by atoms with van der Waals surface area (Å²) in [5, 5.41) is 7.50. The zero-order valence-corrected chi connectivity index (χ0v) is 17.8. The molecule has 1 N–H and O–H groups in total. The van der Waals surface area contributed by atoms with Gasteiger partial charge in [-0.15, -0.1) is 0 Å². The lowest BCUT2D eigenvalue weighted by Gasteiger charge is -2.33. The van der Waals surface area contributed by atoms with Crippen molar-refractivity contribution in [2.75, 3.05) is 26.7 Å². The van der Waals surface area contributed by atoms with Crippen LogP contribution in [-0.4, -0.2) is 53.9 Å². The Hall–Kier alpha value is -1.70. The molecule has 1 atom stereocenters. The van der Waals surface area contributed by atoms with Gasteiger partial charge in [0.1, 0.15) is 0 Å². The Morgan fingerprint density at radius 2 is 2.00 bits per heavy atom. The largest absolute Gasteiger partial charge is 0.282 e. The normalized spacial score (nSPS) is 18.6. The first-order valence-corrected chi connectivity index (χ1v) is 11.7. The summed E-state index contributed by atoms with van der Waals surface area (Å²) in [6, 6.07) is 12.2. The van der Waals surface area contributed by atoms with Crippen molar-refractivity contribution in [1.82, 2.24) is 18.8 Å². The van der Waals surface area contributed by atoms with Crippen molar-refractivity contribution in [1.29, 1.82) is 0 Å². The number of H-pyrrole nitrogens is 1. The van der Waals surface area contributed by atoms with Crippen LogP contribution in [0.1, 0.15) is 44.7 Å². The number of aromatic amines is 1. The average molecular weight is 405 g/mol. The fourth-order valence-corrected chi connectivity index (χ4v) is 5.30. The van der Waals surface area contributed by atoms with Crippen LogP contribution in [-0.2, 0) is 16.6 Å². The molecule has 28 heavy (non-hydrogen) atoms. The van der Waals surface area contributed by atoms with E-state index in [1.54, 1.807) is 11.4 Å². The standard InChI is InChI=1S/C21H32N4O2S/c1-18-10-9-15-25(17-18)28(26,27)24(2)14-8-4-7-13-20-16-21(23-22-20)19-11-5-3-6-12-19/h3,5-6,11-12,16,18H,4,7-10,13-15,17H2,1-2H3,(H,22,23). The van der Waals surface area contributed by atoms with Crippen LogP contribution in [0, 0.1) is 5.92 Å². The minimum atomic E-state index is -3.31. The number of hydrogen-bond acceptors (Lipinski definition) is 3. The number of nitrogens with one attached hydrogen (secondary N) is 1. The molecular formula is C21H32N4O2S. The number of benzene rings is 1. The lowest BCUT2D eigenvalue weighted by atomic mass is 10.0. The van der Waals surface area contributed by atoms with Crippen molar-refractivity contribution in [3.8, 4) is 11.3 Å². The molecule has 1 unspecified atom stereocenters. The molecule has 2 aromatic rings. The molecule has 0 bridgehead atoms. The fourth-order valence-electron chi connectivity index (χ4n) is 3.74.